The van der Waals surface area contributed by atoms with Gasteiger partial charge in [-0.1, -0.05) is 20.4 Å². The first-order chi connectivity index (χ1) is 9.49. The minimum absolute atomic E-state index is 0.110. The van der Waals surface area contributed by atoms with E-state index in [1.54, 1.807) is 11.0 Å². The quantitative estimate of drug-likeness (QED) is 0.798. The van der Waals surface area contributed by atoms with E-state index in [9.17, 15) is 9.00 Å². The number of hydrogen-bond acceptors (Lipinski definition) is 4. The number of amidine groups is 1. The van der Waals surface area contributed by atoms with Crippen LogP contribution in [0.3, 0.4) is 0 Å². The number of carbonyl (C=O) groups excluding carboxylic acids is 1. The maximum Gasteiger partial charge on any atom is 0.248 e. The first-order valence-corrected chi connectivity index (χ1v) is 8.14. The lowest BCUT2D eigenvalue weighted by atomic mass is 10.1. The molecule has 0 saturated heterocycles. The van der Waals surface area contributed by atoms with Crippen LogP contribution < -0.4 is 0 Å². The van der Waals surface area contributed by atoms with Crippen LogP contribution in [0.1, 0.15) is 26.7 Å². The van der Waals surface area contributed by atoms with Crippen molar-refractivity contribution in [3.8, 4) is 0 Å². The van der Waals surface area contributed by atoms with Gasteiger partial charge in [-0.25, -0.2) is 9.98 Å². The molecule has 1 unspecified atom stereocenters. The molecule has 0 saturated carbocycles. The van der Waals surface area contributed by atoms with E-state index in [0.717, 1.165) is 12.8 Å². The van der Waals surface area contributed by atoms with E-state index in [-0.39, 0.29) is 23.8 Å². The van der Waals surface area contributed by atoms with Crippen molar-refractivity contribution in [2.45, 2.75) is 32.7 Å². The molecule has 0 N–H and O–H groups in total. The number of carbonyl (C=O) groups is 1. The second-order valence-corrected chi connectivity index (χ2v) is 5.75. The molecule has 0 bridgehead atoms. The molecule has 1 aliphatic rings. The Kier molecular flexibility index (Phi) is 6.51. The Hall–Kier alpha value is -1.56. The van der Waals surface area contributed by atoms with Crippen molar-refractivity contribution in [2.24, 2.45) is 9.98 Å². The summed E-state index contributed by atoms with van der Waals surface area (Å²) in [7, 11) is -1.29. The molecule has 5 nitrogen and oxygen atoms in total. The van der Waals surface area contributed by atoms with Crippen molar-refractivity contribution >= 4 is 28.1 Å². The van der Waals surface area contributed by atoms with Crippen LogP contribution >= 0.6 is 0 Å². The molecule has 0 aromatic rings. The van der Waals surface area contributed by atoms with Gasteiger partial charge in [-0.05, 0) is 24.5 Å². The van der Waals surface area contributed by atoms with E-state index in [0.29, 0.717) is 5.57 Å². The third-order valence-electron chi connectivity index (χ3n) is 3.06. The van der Waals surface area contributed by atoms with Gasteiger partial charge < -0.3 is 4.90 Å². The first-order valence-electron chi connectivity index (χ1n) is 6.59. The lowest BCUT2D eigenvalue weighted by molar-refractivity contribution is -0.128. The van der Waals surface area contributed by atoms with E-state index < -0.39 is 10.8 Å². The van der Waals surface area contributed by atoms with Gasteiger partial charge in [0, 0.05) is 24.6 Å². The number of nitrogens with zero attached hydrogens (tertiary/aromatic N) is 3. The second-order valence-electron chi connectivity index (χ2n) is 4.48. The molecule has 0 aromatic carbocycles. The first kappa shape index (κ1) is 16.5. The largest absolute Gasteiger partial charge is 0.317 e. The van der Waals surface area contributed by atoms with E-state index in [2.05, 4.69) is 16.6 Å². The van der Waals surface area contributed by atoms with Gasteiger partial charge in [0.2, 0.25) is 11.1 Å². The van der Waals surface area contributed by atoms with Gasteiger partial charge in [-0.15, -0.1) is 0 Å². The van der Waals surface area contributed by atoms with Crippen LogP contribution in [0.2, 0.25) is 0 Å². The standard InChI is InChI=1S/C14H21N3O2S/c1-5-12(6-2)17-10-16-14(20(4)19)15-9-11(3)7-8-13(17)18/h7-9,12H,3,5-6,10H2,1-2,4H3/b8-7-,15-9-,16-14+. The Bertz CT molecular complexity index is 491. The molecular formula is C14H21N3O2S. The average Bonchev–Trinajstić information content (AvgIpc) is 2.42. The Morgan fingerprint density at radius 1 is 1.40 bits per heavy atom. The minimum atomic E-state index is -1.29. The van der Waals surface area contributed by atoms with Crippen LogP contribution in [0.5, 0.6) is 0 Å². The van der Waals surface area contributed by atoms with Crippen molar-refractivity contribution in [1.82, 2.24) is 4.90 Å². The molecule has 110 valence electrons. The van der Waals surface area contributed by atoms with Gasteiger partial charge in [-0.2, -0.15) is 0 Å². The molecule has 1 aliphatic heterocycles. The summed E-state index contributed by atoms with van der Waals surface area (Å²) >= 11 is 0. The summed E-state index contributed by atoms with van der Waals surface area (Å²) in [5, 5.41) is 0.227. The molecule has 0 aromatic heterocycles. The summed E-state index contributed by atoms with van der Waals surface area (Å²) in [5.74, 6) is -0.111. The minimum Gasteiger partial charge on any atom is -0.317 e. The Labute approximate surface area is 122 Å². The number of amides is 1. The summed E-state index contributed by atoms with van der Waals surface area (Å²) < 4.78 is 11.6. The molecule has 0 aliphatic carbocycles. The highest BCUT2D eigenvalue weighted by Crippen LogP contribution is 2.11. The van der Waals surface area contributed by atoms with Crippen LogP contribution in [-0.4, -0.2) is 45.4 Å². The fourth-order valence-electron chi connectivity index (χ4n) is 1.89. The third kappa shape index (κ3) is 4.52. The zero-order chi connectivity index (χ0) is 15.1. The Balaban J connectivity index is 3.15. The van der Waals surface area contributed by atoms with Crippen LogP contribution in [0.4, 0.5) is 0 Å². The monoisotopic (exact) mass is 295 g/mol. The van der Waals surface area contributed by atoms with Crippen molar-refractivity contribution in [1.29, 1.82) is 0 Å². The average molecular weight is 295 g/mol. The summed E-state index contributed by atoms with van der Waals surface area (Å²) in [6, 6.07) is 0.110. The number of rotatable bonds is 3. The van der Waals surface area contributed by atoms with Crippen molar-refractivity contribution in [2.75, 3.05) is 12.9 Å². The molecule has 1 rings (SSSR count). The topological polar surface area (TPSA) is 62.1 Å². The summed E-state index contributed by atoms with van der Waals surface area (Å²) in [6.07, 6.45) is 7.78. The van der Waals surface area contributed by atoms with Gasteiger partial charge in [0.1, 0.15) is 6.67 Å². The molecule has 0 spiro atoms. The van der Waals surface area contributed by atoms with Crippen LogP contribution in [0.15, 0.2) is 34.3 Å². The maximum atomic E-state index is 12.2. The molecule has 6 heteroatoms. The van der Waals surface area contributed by atoms with Crippen LogP contribution in [0.25, 0.3) is 0 Å². The smallest absolute Gasteiger partial charge is 0.248 e. The normalized spacial score (nSPS) is 24.2. The predicted octanol–water partition coefficient (Wildman–Crippen LogP) is 1.89. The van der Waals surface area contributed by atoms with Crippen LogP contribution in [0, 0.1) is 0 Å². The van der Waals surface area contributed by atoms with Crippen molar-refractivity contribution in [3.05, 3.63) is 24.3 Å². The van der Waals surface area contributed by atoms with Gasteiger partial charge in [-0.3, -0.25) is 9.00 Å². The highest BCUT2D eigenvalue weighted by molar-refractivity contribution is 7.99. The van der Waals surface area contributed by atoms with E-state index >= 15 is 0 Å². The van der Waals surface area contributed by atoms with Crippen LogP contribution in [-0.2, 0) is 15.6 Å². The number of hydrogen-bond donors (Lipinski definition) is 0. The summed E-state index contributed by atoms with van der Waals surface area (Å²) in [4.78, 5) is 22.2. The van der Waals surface area contributed by atoms with Gasteiger partial charge in [0.25, 0.3) is 0 Å². The highest BCUT2D eigenvalue weighted by atomic mass is 32.2. The molecule has 0 fully saturated rings. The molecular weight excluding hydrogens is 274 g/mol. The lowest BCUT2D eigenvalue weighted by Gasteiger charge is -2.28. The van der Waals surface area contributed by atoms with Crippen molar-refractivity contribution in [3.63, 3.8) is 0 Å². The fraction of sp³-hybridized carbons (Fsp3) is 0.500. The second kappa shape index (κ2) is 7.89. The zero-order valence-electron chi connectivity index (χ0n) is 12.2. The van der Waals surface area contributed by atoms with E-state index in [4.69, 9.17) is 0 Å². The van der Waals surface area contributed by atoms with E-state index in [1.165, 1.54) is 18.5 Å². The SMILES string of the molecule is C=C1/C=C\C(=O)N(C(CC)CC)C/N=C(S(C)=O)\N=C/1. The molecule has 1 amide bonds. The number of aliphatic imine (C=N–C) groups is 2. The molecule has 1 atom stereocenters. The highest BCUT2D eigenvalue weighted by Gasteiger charge is 2.19. The Morgan fingerprint density at radius 2 is 2.05 bits per heavy atom. The molecule has 20 heavy (non-hydrogen) atoms. The number of allylic oxidation sites excluding steroid dienone is 2. The maximum absolute atomic E-state index is 12.2. The lowest BCUT2D eigenvalue weighted by Crippen LogP contribution is -2.39. The van der Waals surface area contributed by atoms with Gasteiger partial charge in [0.15, 0.2) is 0 Å². The zero-order valence-corrected chi connectivity index (χ0v) is 13.0. The molecule has 0 radical (unpaired) electrons. The summed E-state index contributed by atoms with van der Waals surface area (Å²) in [6.45, 7) is 8.00. The predicted molar refractivity (Wildman–Crippen MR) is 84.4 cm³/mol. The van der Waals surface area contributed by atoms with Gasteiger partial charge >= 0.3 is 0 Å². The summed E-state index contributed by atoms with van der Waals surface area (Å²) in [5.41, 5.74) is 0.572. The van der Waals surface area contributed by atoms with Crippen molar-refractivity contribution < 1.29 is 9.00 Å². The molecule has 1 heterocycles. The fourth-order valence-corrected chi connectivity index (χ4v) is 2.33. The van der Waals surface area contributed by atoms with Gasteiger partial charge in [0.05, 0.1) is 10.8 Å². The third-order valence-corrected chi connectivity index (χ3v) is 3.81. The van der Waals surface area contributed by atoms with E-state index in [1.807, 2.05) is 13.8 Å². The Morgan fingerprint density at radius 3 is 2.60 bits per heavy atom.